The Kier molecular flexibility index (Phi) is 10.6. The molecule has 0 radical (unpaired) electrons. The van der Waals surface area contributed by atoms with Crippen molar-refractivity contribution >= 4 is 40.8 Å². The Bertz CT molecular complexity index is 1130. The largest absolute Gasteiger partial charge is 0.351 e. The molecule has 1 saturated carbocycles. The van der Waals surface area contributed by atoms with E-state index in [1.54, 1.807) is 12.1 Å². The molecule has 1 atom stereocenters. The Balaban J connectivity index is 0.000000405. The average Bonchev–Trinajstić information content (AvgIpc) is 3.62. The lowest BCUT2D eigenvalue weighted by molar-refractivity contribution is -0.122. The van der Waals surface area contributed by atoms with Crippen LogP contribution in [0.4, 0.5) is 13.2 Å². The van der Waals surface area contributed by atoms with Crippen LogP contribution in [-0.4, -0.2) is 47.9 Å². The minimum atomic E-state index is -2.43. The number of allylic oxidation sites excluding steroid dienone is 3. The van der Waals surface area contributed by atoms with Gasteiger partial charge in [-0.2, -0.15) is 0 Å². The quantitative estimate of drug-likeness (QED) is 0.334. The third-order valence-corrected chi connectivity index (χ3v) is 6.87. The van der Waals surface area contributed by atoms with E-state index in [4.69, 9.17) is 17.0 Å². The van der Waals surface area contributed by atoms with Crippen LogP contribution in [0, 0.1) is 17.1 Å². The van der Waals surface area contributed by atoms with Gasteiger partial charge in [-0.25, -0.2) is 13.2 Å². The lowest BCUT2D eigenvalue weighted by Gasteiger charge is -2.29. The predicted molar refractivity (Wildman–Crippen MR) is 146 cm³/mol. The van der Waals surface area contributed by atoms with Crippen molar-refractivity contribution in [3.05, 3.63) is 81.5 Å². The first-order valence-corrected chi connectivity index (χ1v) is 13.2. The highest BCUT2D eigenvalue weighted by Crippen LogP contribution is 2.35. The number of carbonyl (C=O) groups excluding carboxylic acids is 1. The summed E-state index contributed by atoms with van der Waals surface area (Å²) in [7, 11) is 0. The second kappa shape index (κ2) is 13.7. The van der Waals surface area contributed by atoms with E-state index in [1.165, 1.54) is 36.0 Å². The third kappa shape index (κ3) is 8.64. The number of alkyl halides is 2. The van der Waals surface area contributed by atoms with Gasteiger partial charge in [0.25, 0.3) is 0 Å². The monoisotopic (exact) mass is 550 g/mol. The molecule has 0 aromatic heterocycles. The van der Waals surface area contributed by atoms with E-state index in [9.17, 15) is 18.0 Å². The van der Waals surface area contributed by atoms with E-state index in [0.717, 1.165) is 29.3 Å². The molecule has 4 rings (SSSR count). The molecule has 1 aliphatic carbocycles. The number of fused-ring (bicyclic) bond motifs is 1. The van der Waals surface area contributed by atoms with Crippen LogP contribution in [0.15, 0.2) is 75.6 Å². The first-order chi connectivity index (χ1) is 17.7. The number of halogens is 4. The Labute approximate surface area is 224 Å². The number of nitrogens with one attached hydrogen (secondary N) is 2. The maximum atomic E-state index is 12.4. The SMILES string of the molecule is C=C(S/C=C\C)C1=NCC(C(=N)/C=C\CC(F)F)=C2CC(NC(=O)C3CC3)CN12.Fc1cccc(Cl)c1. The number of hydrogen-bond donors (Lipinski definition) is 2. The van der Waals surface area contributed by atoms with E-state index >= 15 is 0 Å². The number of hydrogen-bond acceptors (Lipinski definition) is 5. The predicted octanol–water partition coefficient (Wildman–Crippen LogP) is 6.74. The minimum absolute atomic E-state index is 0.0613. The van der Waals surface area contributed by atoms with Gasteiger partial charge in [-0.15, -0.1) is 0 Å². The summed E-state index contributed by atoms with van der Waals surface area (Å²) in [6.45, 7) is 6.92. The Morgan fingerprint density at radius 2 is 2.16 bits per heavy atom. The average molecular weight is 551 g/mol. The van der Waals surface area contributed by atoms with Crippen LogP contribution in [-0.2, 0) is 4.79 Å². The van der Waals surface area contributed by atoms with Crippen LogP contribution in [0.1, 0.15) is 32.6 Å². The first-order valence-electron chi connectivity index (χ1n) is 12.0. The van der Waals surface area contributed by atoms with Gasteiger partial charge in [0.1, 0.15) is 11.7 Å². The molecule has 1 amide bonds. The number of benzene rings is 1. The van der Waals surface area contributed by atoms with Gasteiger partial charge < -0.3 is 15.6 Å². The Hall–Kier alpha value is -2.78. The number of thioether (sulfide) groups is 1. The molecule has 3 aliphatic rings. The zero-order valence-corrected chi connectivity index (χ0v) is 22.1. The van der Waals surface area contributed by atoms with Crippen LogP contribution in [0.3, 0.4) is 0 Å². The van der Waals surface area contributed by atoms with Crippen LogP contribution in [0.2, 0.25) is 5.02 Å². The summed E-state index contributed by atoms with van der Waals surface area (Å²) in [6.07, 6.45) is 4.36. The van der Waals surface area contributed by atoms with Gasteiger partial charge in [-0.05, 0) is 49.4 Å². The molecule has 2 heterocycles. The molecule has 1 saturated heterocycles. The highest BCUT2D eigenvalue weighted by molar-refractivity contribution is 8.06. The molecule has 198 valence electrons. The zero-order valence-electron chi connectivity index (χ0n) is 20.5. The standard InChI is InChI=1S/C21H26F2N4OS.C6H4ClF/c1-3-9-29-13(2)20-25-11-16(17(24)5-4-6-19(22)23)18-10-15(12-27(18)20)26-21(28)14-7-8-14;7-5-2-1-3-6(8)4-5/h3-5,9,14-15,19,24H,2,6-8,10-12H2,1H3,(H,26,28);1-4H/b5-4-,9-3-,24-17?;. The van der Waals surface area contributed by atoms with Gasteiger partial charge in [-0.1, -0.05) is 48.2 Å². The van der Waals surface area contributed by atoms with Crippen molar-refractivity contribution in [2.24, 2.45) is 10.9 Å². The lowest BCUT2D eigenvalue weighted by Crippen LogP contribution is -2.39. The minimum Gasteiger partial charge on any atom is -0.351 e. The highest BCUT2D eigenvalue weighted by atomic mass is 35.5. The number of amidine groups is 1. The van der Waals surface area contributed by atoms with Crippen LogP contribution in [0.5, 0.6) is 0 Å². The molecule has 1 aromatic carbocycles. The Morgan fingerprint density at radius 3 is 2.76 bits per heavy atom. The molecule has 2 N–H and O–H groups in total. The second-order valence-electron chi connectivity index (χ2n) is 8.75. The van der Waals surface area contributed by atoms with Gasteiger partial charge in [0, 0.05) is 46.5 Å². The zero-order chi connectivity index (χ0) is 26.9. The molecular formula is C27H30ClF3N4OS. The van der Waals surface area contributed by atoms with Crippen molar-refractivity contribution in [1.29, 1.82) is 5.41 Å². The summed E-state index contributed by atoms with van der Waals surface area (Å²) >= 11 is 6.89. The van der Waals surface area contributed by atoms with Crippen molar-refractivity contribution in [2.45, 2.75) is 45.1 Å². The molecule has 5 nitrogen and oxygen atoms in total. The summed E-state index contributed by atoms with van der Waals surface area (Å²) in [5, 5.41) is 13.8. The fraction of sp³-hybridized carbons (Fsp3) is 0.370. The van der Waals surface area contributed by atoms with E-state index in [1.807, 2.05) is 23.3 Å². The molecule has 0 bridgehead atoms. The summed E-state index contributed by atoms with van der Waals surface area (Å²) in [6, 6.07) is 5.75. The Morgan fingerprint density at radius 1 is 1.41 bits per heavy atom. The molecule has 2 aliphatic heterocycles. The molecular weight excluding hydrogens is 521 g/mol. The molecule has 2 fully saturated rings. The summed E-state index contributed by atoms with van der Waals surface area (Å²) < 4.78 is 36.9. The van der Waals surface area contributed by atoms with Gasteiger partial charge in [0.2, 0.25) is 12.3 Å². The van der Waals surface area contributed by atoms with Gasteiger partial charge >= 0.3 is 0 Å². The fourth-order valence-corrected chi connectivity index (χ4v) is 4.62. The van der Waals surface area contributed by atoms with Crippen LogP contribution < -0.4 is 5.32 Å². The third-order valence-electron chi connectivity index (χ3n) is 5.76. The maximum Gasteiger partial charge on any atom is 0.242 e. The highest BCUT2D eigenvalue weighted by Gasteiger charge is 2.38. The van der Waals surface area contributed by atoms with E-state index in [0.29, 0.717) is 30.1 Å². The van der Waals surface area contributed by atoms with Crippen molar-refractivity contribution in [3.8, 4) is 0 Å². The number of carbonyl (C=O) groups is 1. The topological polar surface area (TPSA) is 68.5 Å². The molecule has 1 aromatic rings. The number of aliphatic imine (C=N–C) groups is 1. The van der Waals surface area contributed by atoms with Crippen LogP contribution >= 0.6 is 23.4 Å². The molecule has 1 unspecified atom stereocenters. The maximum absolute atomic E-state index is 12.4. The molecule has 0 spiro atoms. The smallest absolute Gasteiger partial charge is 0.242 e. The van der Waals surface area contributed by atoms with Crippen molar-refractivity contribution in [1.82, 2.24) is 10.2 Å². The van der Waals surface area contributed by atoms with Crippen molar-refractivity contribution in [3.63, 3.8) is 0 Å². The number of rotatable bonds is 9. The second-order valence-corrected chi connectivity index (χ2v) is 10.2. The van der Waals surface area contributed by atoms with Gasteiger partial charge in [0.05, 0.1) is 18.3 Å². The molecule has 10 heteroatoms. The first kappa shape index (κ1) is 28.8. The van der Waals surface area contributed by atoms with E-state index in [2.05, 4.69) is 16.9 Å². The van der Waals surface area contributed by atoms with E-state index < -0.39 is 6.43 Å². The van der Waals surface area contributed by atoms with Gasteiger partial charge in [-0.3, -0.25) is 9.79 Å². The normalized spacial score (nSPS) is 19.1. The van der Waals surface area contributed by atoms with Crippen molar-refractivity contribution < 1.29 is 18.0 Å². The summed E-state index contributed by atoms with van der Waals surface area (Å²) in [4.78, 5) is 19.7. The number of amides is 1. The van der Waals surface area contributed by atoms with Gasteiger partial charge in [0.15, 0.2) is 0 Å². The number of nitrogens with zero attached hydrogens (tertiary/aromatic N) is 2. The van der Waals surface area contributed by atoms with Crippen LogP contribution in [0.25, 0.3) is 0 Å². The lowest BCUT2D eigenvalue weighted by atomic mass is 10.0. The van der Waals surface area contributed by atoms with Crippen molar-refractivity contribution in [2.75, 3.05) is 13.1 Å². The fourth-order valence-electron chi connectivity index (χ4n) is 3.86. The van der Waals surface area contributed by atoms with E-state index in [-0.39, 0.29) is 35.8 Å². The molecule has 37 heavy (non-hydrogen) atoms. The summed E-state index contributed by atoms with van der Waals surface area (Å²) in [5.41, 5.74) is 1.82. The summed E-state index contributed by atoms with van der Waals surface area (Å²) in [5.74, 6) is 0.673.